The molecule has 2 aromatic rings. The van der Waals surface area contributed by atoms with Crippen LogP contribution in [0.1, 0.15) is 21.6 Å². The zero-order valence-electron chi connectivity index (χ0n) is 9.77. The summed E-state index contributed by atoms with van der Waals surface area (Å²) in [4.78, 5) is 12.1. The number of halogens is 1. The minimum absolute atomic E-state index is 0.0472. The molecule has 0 unspecified atom stereocenters. The average molecular weight is 249 g/mol. The van der Waals surface area contributed by atoms with Gasteiger partial charge in [-0.1, -0.05) is 35.9 Å². The third-order valence-electron chi connectivity index (χ3n) is 2.78. The molecule has 17 heavy (non-hydrogen) atoms. The third kappa shape index (κ3) is 2.39. The van der Waals surface area contributed by atoms with E-state index in [0.717, 1.165) is 16.8 Å². The lowest BCUT2D eigenvalue weighted by molar-refractivity contribution is 0.0966. The summed E-state index contributed by atoms with van der Waals surface area (Å²) in [5, 5.41) is 4.66. The number of hydrogen-bond donors (Lipinski definition) is 0. The number of carbonyl (C=O) groups excluding carboxylic acids is 1. The van der Waals surface area contributed by atoms with Crippen molar-refractivity contribution in [3.05, 3.63) is 52.3 Å². The van der Waals surface area contributed by atoms with E-state index in [0.29, 0.717) is 5.02 Å². The van der Waals surface area contributed by atoms with Crippen molar-refractivity contribution in [1.29, 1.82) is 0 Å². The minimum Gasteiger partial charge on any atom is -0.292 e. The maximum absolute atomic E-state index is 12.1. The Morgan fingerprint density at radius 1 is 1.35 bits per heavy atom. The van der Waals surface area contributed by atoms with Gasteiger partial charge in [0.05, 0.1) is 16.9 Å². The highest BCUT2D eigenvalue weighted by molar-refractivity contribution is 6.31. The molecule has 2 rings (SSSR count). The molecule has 0 radical (unpaired) electrons. The Labute approximate surface area is 105 Å². The summed E-state index contributed by atoms with van der Waals surface area (Å²) in [6.45, 7) is 4.00. The molecule has 0 atom stereocenters. The number of aryl methyl sites for hydroxylation is 1. The topological polar surface area (TPSA) is 34.9 Å². The summed E-state index contributed by atoms with van der Waals surface area (Å²) < 4.78 is 1.62. The highest BCUT2D eigenvalue weighted by atomic mass is 35.5. The van der Waals surface area contributed by atoms with Crippen molar-refractivity contribution >= 4 is 17.4 Å². The fourth-order valence-corrected chi connectivity index (χ4v) is 1.83. The van der Waals surface area contributed by atoms with Crippen LogP contribution in [-0.2, 0) is 6.54 Å². The number of hydrogen-bond acceptors (Lipinski definition) is 2. The van der Waals surface area contributed by atoms with E-state index in [9.17, 15) is 4.79 Å². The Balaban J connectivity index is 2.23. The Morgan fingerprint density at radius 2 is 2.06 bits per heavy atom. The van der Waals surface area contributed by atoms with Gasteiger partial charge in [-0.25, -0.2) is 0 Å². The van der Waals surface area contributed by atoms with Crippen molar-refractivity contribution < 1.29 is 4.79 Å². The number of Topliss-reactive ketones (excluding diaryl/α,β-unsaturated/α-hetero) is 1. The highest BCUT2D eigenvalue weighted by Gasteiger charge is 2.12. The van der Waals surface area contributed by atoms with Crippen molar-refractivity contribution in [2.75, 3.05) is 0 Å². The van der Waals surface area contributed by atoms with Crippen molar-refractivity contribution in [2.45, 2.75) is 20.4 Å². The molecule has 1 aromatic carbocycles. The summed E-state index contributed by atoms with van der Waals surface area (Å²) in [6, 6.07) is 7.54. The fourth-order valence-electron chi connectivity index (χ4n) is 1.69. The molecular formula is C13H13ClN2O. The fraction of sp³-hybridized carbons (Fsp3) is 0.231. The van der Waals surface area contributed by atoms with Gasteiger partial charge >= 0.3 is 0 Å². The van der Waals surface area contributed by atoms with Gasteiger partial charge in [0.2, 0.25) is 0 Å². The number of rotatable bonds is 3. The van der Waals surface area contributed by atoms with Gasteiger partial charge in [0.1, 0.15) is 6.54 Å². The van der Waals surface area contributed by atoms with E-state index in [4.69, 9.17) is 11.6 Å². The van der Waals surface area contributed by atoms with E-state index in [1.807, 2.05) is 38.1 Å². The maximum atomic E-state index is 12.1. The van der Waals surface area contributed by atoms with Crippen LogP contribution in [0.4, 0.5) is 0 Å². The molecule has 3 nitrogen and oxygen atoms in total. The molecule has 0 saturated carbocycles. The molecule has 0 aliphatic heterocycles. The monoisotopic (exact) mass is 248 g/mol. The maximum Gasteiger partial charge on any atom is 0.184 e. The molecule has 0 amide bonds. The van der Waals surface area contributed by atoms with E-state index >= 15 is 0 Å². The zero-order chi connectivity index (χ0) is 12.4. The molecule has 0 fully saturated rings. The second-order valence-corrected chi connectivity index (χ2v) is 4.38. The lowest BCUT2D eigenvalue weighted by Crippen LogP contribution is -2.13. The normalized spacial score (nSPS) is 10.5. The Bertz CT molecular complexity index is 560. The Kier molecular flexibility index (Phi) is 3.29. The third-order valence-corrected chi connectivity index (χ3v) is 3.15. The van der Waals surface area contributed by atoms with E-state index in [1.165, 1.54) is 0 Å². The van der Waals surface area contributed by atoms with Gasteiger partial charge < -0.3 is 0 Å². The highest BCUT2D eigenvalue weighted by Crippen LogP contribution is 2.15. The molecule has 88 valence electrons. The van der Waals surface area contributed by atoms with Crippen LogP contribution in [0.5, 0.6) is 0 Å². The largest absolute Gasteiger partial charge is 0.292 e. The van der Waals surface area contributed by atoms with Crippen LogP contribution in [0.2, 0.25) is 5.02 Å². The van der Waals surface area contributed by atoms with Gasteiger partial charge in [0.15, 0.2) is 5.78 Å². The number of ketones is 1. The first-order valence-electron chi connectivity index (χ1n) is 5.36. The zero-order valence-corrected chi connectivity index (χ0v) is 10.5. The van der Waals surface area contributed by atoms with Crippen LogP contribution >= 0.6 is 11.6 Å². The van der Waals surface area contributed by atoms with E-state index in [-0.39, 0.29) is 12.3 Å². The van der Waals surface area contributed by atoms with Crippen LogP contribution in [0.15, 0.2) is 30.5 Å². The van der Waals surface area contributed by atoms with Gasteiger partial charge in [-0.05, 0) is 19.4 Å². The Morgan fingerprint density at radius 3 is 2.65 bits per heavy atom. The van der Waals surface area contributed by atoms with Crippen LogP contribution in [0, 0.1) is 13.8 Å². The lowest BCUT2D eigenvalue weighted by Gasteiger charge is -2.06. The summed E-state index contributed by atoms with van der Waals surface area (Å²) in [5.41, 5.74) is 2.53. The first-order chi connectivity index (χ1) is 8.09. The van der Waals surface area contributed by atoms with E-state index in [1.54, 1.807) is 10.9 Å². The van der Waals surface area contributed by atoms with Crippen molar-refractivity contribution in [3.63, 3.8) is 0 Å². The van der Waals surface area contributed by atoms with Crippen molar-refractivity contribution in [3.8, 4) is 0 Å². The predicted octanol–water partition coefficient (Wildman–Crippen LogP) is 3.04. The van der Waals surface area contributed by atoms with Crippen LogP contribution in [0.3, 0.4) is 0 Å². The van der Waals surface area contributed by atoms with Crippen molar-refractivity contribution in [2.24, 2.45) is 0 Å². The van der Waals surface area contributed by atoms with Gasteiger partial charge in [-0.2, -0.15) is 5.10 Å². The minimum atomic E-state index is 0.0472. The van der Waals surface area contributed by atoms with Gasteiger partial charge in [0, 0.05) is 5.56 Å². The van der Waals surface area contributed by atoms with Crippen LogP contribution in [0.25, 0.3) is 0 Å². The lowest BCUT2D eigenvalue weighted by atomic mass is 10.1. The summed E-state index contributed by atoms with van der Waals surface area (Å²) in [6.07, 6.45) is 1.56. The number of benzene rings is 1. The number of aromatic nitrogens is 2. The Hall–Kier alpha value is -1.61. The average Bonchev–Trinajstić information content (AvgIpc) is 2.61. The number of nitrogens with zero attached hydrogens (tertiary/aromatic N) is 2. The second kappa shape index (κ2) is 4.72. The summed E-state index contributed by atoms with van der Waals surface area (Å²) in [7, 11) is 0. The first-order valence-corrected chi connectivity index (χ1v) is 5.74. The molecule has 0 aliphatic carbocycles. The molecular weight excluding hydrogens is 236 g/mol. The molecule has 0 saturated heterocycles. The molecule has 0 bridgehead atoms. The summed E-state index contributed by atoms with van der Waals surface area (Å²) >= 11 is 5.90. The smallest absolute Gasteiger partial charge is 0.184 e. The van der Waals surface area contributed by atoms with Crippen LogP contribution in [-0.4, -0.2) is 15.6 Å². The second-order valence-electron chi connectivity index (χ2n) is 3.97. The predicted molar refractivity (Wildman–Crippen MR) is 67.5 cm³/mol. The molecule has 0 N–H and O–H groups in total. The molecule has 1 aromatic heterocycles. The van der Waals surface area contributed by atoms with Crippen LogP contribution < -0.4 is 0 Å². The van der Waals surface area contributed by atoms with Gasteiger partial charge in [-0.15, -0.1) is 0 Å². The quantitative estimate of drug-likeness (QED) is 0.783. The standard InChI is InChI=1S/C13H13ClN2O/c1-9-5-3-4-6-11(9)13(17)8-16-10(2)12(14)7-15-16/h3-7H,8H2,1-2H3. The molecule has 1 heterocycles. The molecule has 4 heteroatoms. The van der Waals surface area contributed by atoms with E-state index in [2.05, 4.69) is 5.10 Å². The molecule has 0 aliphatic rings. The first kappa shape index (κ1) is 11.9. The van der Waals surface area contributed by atoms with Gasteiger partial charge in [0.25, 0.3) is 0 Å². The van der Waals surface area contributed by atoms with Crippen molar-refractivity contribution in [1.82, 2.24) is 9.78 Å². The number of carbonyl (C=O) groups is 1. The SMILES string of the molecule is Cc1ccccc1C(=O)Cn1ncc(Cl)c1C. The molecule has 0 spiro atoms. The van der Waals surface area contributed by atoms with E-state index < -0.39 is 0 Å². The van der Waals surface area contributed by atoms with Gasteiger partial charge in [-0.3, -0.25) is 9.48 Å². The summed E-state index contributed by atoms with van der Waals surface area (Å²) in [5.74, 6) is 0.0472.